The van der Waals surface area contributed by atoms with Crippen LogP contribution in [-0.4, -0.2) is 74.7 Å². The van der Waals surface area contributed by atoms with E-state index in [1.807, 2.05) is 66.7 Å². The molecule has 1 N–H and O–H groups in total. The highest BCUT2D eigenvalue weighted by atomic mass is 32.1. The molecular weight excluding hydrogens is 975 g/mol. The van der Waals surface area contributed by atoms with Gasteiger partial charge in [0.1, 0.15) is 35.4 Å². The molecule has 75 heavy (non-hydrogen) atoms. The van der Waals surface area contributed by atoms with Gasteiger partial charge in [-0.15, -0.1) is 0 Å². The van der Waals surface area contributed by atoms with Crippen molar-refractivity contribution in [3.63, 3.8) is 0 Å². The predicted molar refractivity (Wildman–Crippen MR) is 292 cm³/mol. The van der Waals surface area contributed by atoms with E-state index in [0.717, 1.165) is 111 Å². The van der Waals surface area contributed by atoms with Crippen molar-refractivity contribution >= 4 is 67.5 Å². The van der Waals surface area contributed by atoms with Crippen molar-refractivity contribution < 1.29 is 57.1 Å². The number of hydrazone groups is 1. The molecule has 394 valence electrons. The molecule has 0 unspecified atom stereocenters. The Bertz CT molecular complexity index is 2810. The van der Waals surface area contributed by atoms with Gasteiger partial charge < -0.3 is 37.9 Å². The minimum absolute atomic E-state index is 0.209. The third kappa shape index (κ3) is 19.4. The molecule has 1 heterocycles. The van der Waals surface area contributed by atoms with Gasteiger partial charge in [-0.3, -0.25) is 5.43 Å². The molecule has 0 bridgehead atoms. The lowest BCUT2D eigenvalue weighted by Crippen LogP contribution is -2.11. The summed E-state index contributed by atoms with van der Waals surface area (Å²) in [6, 6.07) is 29.7. The van der Waals surface area contributed by atoms with Crippen LogP contribution in [0, 0.1) is 0 Å². The van der Waals surface area contributed by atoms with E-state index in [0.29, 0.717) is 83.9 Å². The van der Waals surface area contributed by atoms with Crippen LogP contribution in [0.1, 0.15) is 98.5 Å². The van der Waals surface area contributed by atoms with Crippen molar-refractivity contribution in [2.24, 2.45) is 5.10 Å². The molecule has 0 aliphatic rings. The number of hydrogen-bond acceptors (Lipinski definition) is 16. The van der Waals surface area contributed by atoms with Gasteiger partial charge in [0, 0.05) is 34.6 Å². The number of thiazole rings is 1. The standard InChI is InChI=1S/C59H65N3O12S/c1-4-54(63)70-36-18-10-7-15-33-67-46-27-23-43(24-28-46)42-73-52-39-45(41-60-62-59-61-51-21-13-14-22-53(51)75-59)57(49-32-31-48(40-50(49)52)69-35-17-9-12-20-38-72-56(65)6-3)74-58(66)44-25-29-47(30-26-44)68-34-16-8-11-19-37-71-55(64)5-2/h4-6,13-14,21-32,39-41H,1-3,7-12,15-20,33-38,42H2,(H,61,62)/b60-41+. The summed E-state index contributed by atoms with van der Waals surface area (Å²) in [6.07, 6.45) is 15.3. The first-order valence-corrected chi connectivity index (χ1v) is 26.1. The Labute approximate surface area is 442 Å². The molecule has 0 amide bonds. The maximum absolute atomic E-state index is 14.1. The monoisotopic (exact) mass is 1040 g/mol. The van der Waals surface area contributed by atoms with Gasteiger partial charge in [-0.1, -0.05) is 55.3 Å². The molecule has 6 rings (SSSR count). The van der Waals surface area contributed by atoms with Crippen LogP contribution in [0.2, 0.25) is 0 Å². The summed E-state index contributed by atoms with van der Waals surface area (Å²) in [7, 11) is 0. The Hall–Kier alpha value is -7.98. The van der Waals surface area contributed by atoms with Crippen LogP contribution in [0.15, 0.2) is 140 Å². The molecule has 0 saturated carbocycles. The molecule has 15 nitrogen and oxygen atoms in total. The van der Waals surface area contributed by atoms with Crippen LogP contribution >= 0.6 is 11.3 Å². The smallest absolute Gasteiger partial charge is 0.343 e. The van der Waals surface area contributed by atoms with Gasteiger partial charge in [-0.05, 0) is 155 Å². The van der Waals surface area contributed by atoms with Gasteiger partial charge in [0.2, 0.25) is 5.13 Å². The van der Waals surface area contributed by atoms with Crippen molar-refractivity contribution in [2.75, 3.05) is 45.1 Å². The number of para-hydroxylation sites is 1. The van der Waals surface area contributed by atoms with Gasteiger partial charge >= 0.3 is 23.9 Å². The van der Waals surface area contributed by atoms with Gasteiger partial charge in [0.05, 0.1) is 61.6 Å². The fourth-order valence-electron chi connectivity index (χ4n) is 7.48. The van der Waals surface area contributed by atoms with Crippen molar-refractivity contribution in [1.82, 2.24) is 4.98 Å². The highest BCUT2D eigenvalue weighted by Gasteiger charge is 2.20. The minimum Gasteiger partial charge on any atom is -0.494 e. The molecule has 0 saturated heterocycles. The van der Waals surface area contributed by atoms with E-state index in [9.17, 15) is 19.2 Å². The number of nitrogens with one attached hydrogen (secondary N) is 1. The fourth-order valence-corrected chi connectivity index (χ4v) is 8.30. The van der Waals surface area contributed by atoms with Crippen molar-refractivity contribution in [3.05, 3.63) is 152 Å². The van der Waals surface area contributed by atoms with Crippen molar-refractivity contribution in [2.45, 2.75) is 83.7 Å². The maximum atomic E-state index is 14.1. The molecule has 0 aliphatic carbocycles. The van der Waals surface area contributed by atoms with E-state index in [4.69, 9.17) is 37.9 Å². The first-order valence-electron chi connectivity index (χ1n) is 25.3. The lowest BCUT2D eigenvalue weighted by atomic mass is 10.0. The van der Waals surface area contributed by atoms with E-state index in [1.165, 1.54) is 17.4 Å². The highest BCUT2D eigenvalue weighted by molar-refractivity contribution is 7.22. The summed E-state index contributed by atoms with van der Waals surface area (Å²) in [6.45, 7) is 13.0. The number of rotatable bonds is 35. The number of hydrogen-bond donors (Lipinski definition) is 1. The normalized spacial score (nSPS) is 10.9. The van der Waals surface area contributed by atoms with Gasteiger partial charge in [0.15, 0.2) is 0 Å². The Balaban J connectivity index is 1.18. The Kier molecular flexibility index (Phi) is 23.7. The first-order chi connectivity index (χ1) is 36.7. The summed E-state index contributed by atoms with van der Waals surface area (Å²) >= 11 is 1.46. The molecule has 6 aromatic rings. The summed E-state index contributed by atoms with van der Waals surface area (Å²) in [5.41, 5.74) is 5.57. The predicted octanol–water partition coefficient (Wildman–Crippen LogP) is 12.7. The van der Waals surface area contributed by atoms with E-state index in [-0.39, 0.29) is 12.4 Å². The van der Waals surface area contributed by atoms with Crippen LogP contribution in [0.25, 0.3) is 21.0 Å². The fraction of sp³-hybridized carbons (Fsp3) is 0.322. The number of esters is 4. The van der Waals surface area contributed by atoms with Crippen molar-refractivity contribution in [1.29, 1.82) is 0 Å². The number of carbonyl (C=O) groups is 4. The Morgan fingerprint density at radius 2 is 1.05 bits per heavy atom. The van der Waals surface area contributed by atoms with Crippen LogP contribution in [0.5, 0.6) is 28.7 Å². The molecule has 0 fully saturated rings. The average molecular weight is 1040 g/mol. The van der Waals surface area contributed by atoms with Crippen LogP contribution < -0.4 is 29.1 Å². The number of benzene rings is 5. The number of ether oxygens (including phenoxy) is 8. The SMILES string of the molecule is C=CC(=O)OCCCCCCOc1ccc(COc2cc(/C=N/Nc3nc4ccccc4s3)c(OC(=O)c3ccc(OCCCCCCOC(=O)C=C)cc3)c3ccc(OCCCCCCOC(=O)C=C)cc23)cc1. The highest BCUT2D eigenvalue weighted by Crippen LogP contribution is 2.40. The number of aromatic nitrogens is 1. The van der Waals surface area contributed by atoms with Gasteiger partial charge in [0.25, 0.3) is 0 Å². The number of carbonyl (C=O) groups excluding carboxylic acids is 4. The summed E-state index contributed by atoms with van der Waals surface area (Å²) in [4.78, 5) is 52.6. The average Bonchev–Trinajstić information content (AvgIpc) is 3.86. The topological polar surface area (TPSA) is 179 Å². The first kappa shape index (κ1) is 56.3. The van der Waals surface area contributed by atoms with E-state index in [2.05, 4.69) is 35.2 Å². The van der Waals surface area contributed by atoms with Gasteiger partial charge in [-0.25, -0.2) is 24.2 Å². The number of nitrogens with zero attached hydrogens (tertiary/aromatic N) is 2. The largest absolute Gasteiger partial charge is 0.494 e. The number of unbranched alkanes of at least 4 members (excludes halogenated alkanes) is 9. The molecule has 5 aromatic carbocycles. The van der Waals surface area contributed by atoms with Gasteiger partial charge in [-0.2, -0.15) is 5.10 Å². The van der Waals surface area contributed by atoms with Crippen molar-refractivity contribution in [3.8, 4) is 28.7 Å². The summed E-state index contributed by atoms with van der Waals surface area (Å²) in [5.74, 6) is 0.884. The zero-order valence-electron chi connectivity index (χ0n) is 42.3. The molecular formula is C59H65N3O12S. The lowest BCUT2D eigenvalue weighted by Gasteiger charge is -2.17. The molecule has 0 spiro atoms. The molecule has 0 radical (unpaired) electrons. The molecule has 0 aliphatic heterocycles. The second-order valence-corrected chi connectivity index (χ2v) is 18.1. The zero-order chi connectivity index (χ0) is 52.9. The zero-order valence-corrected chi connectivity index (χ0v) is 43.1. The minimum atomic E-state index is -0.587. The third-order valence-electron chi connectivity index (χ3n) is 11.5. The number of anilines is 1. The van der Waals surface area contributed by atoms with Crippen LogP contribution in [0.4, 0.5) is 5.13 Å². The quantitative estimate of drug-likeness (QED) is 0.00755. The summed E-state index contributed by atoms with van der Waals surface area (Å²) in [5, 5.41) is 6.39. The van der Waals surface area contributed by atoms with Crippen LogP contribution in [-0.2, 0) is 35.2 Å². The molecule has 16 heteroatoms. The maximum Gasteiger partial charge on any atom is 0.343 e. The van der Waals surface area contributed by atoms with E-state index in [1.54, 1.807) is 36.5 Å². The van der Waals surface area contributed by atoms with E-state index >= 15 is 0 Å². The van der Waals surface area contributed by atoms with Crippen LogP contribution in [0.3, 0.4) is 0 Å². The summed E-state index contributed by atoms with van der Waals surface area (Å²) < 4.78 is 47.3. The Morgan fingerprint density at radius 1 is 0.547 bits per heavy atom. The van der Waals surface area contributed by atoms with E-state index < -0.39 is 23.9 Å². The second-order valence-electron chi connectivity index (χ2n) is 17.1. The molecule has 1 aromatic heterocycles. The lowest BCUT2D eigenvalue weighted by molar-refractivity contribution is -0.138. The second kappa shape index (κ2) is 31.6. The third-order valence-corrected chi connectivity index (χ3v) is 12.4. The molecule has 0 atom stereocenters. The Morgan fingerprint density at radius 3 is 1.60 bits per heavy atom. The number of fused-ring (bicyclic) bond motifs is 2.